The number of rotatable bonds is 5. The molecule has 29 heavy (non-hydrogen) atoms. The van der Waals surface area contributed by atoms with E-state index in [-0.39, 0.29) is 23.2 Å². The highest BCUT2D eigenvalue weighted by molar-refractivity contribution is 6.00. The molecule has 1 atom stereocenters. The SMILES string of the molecule is Cc1cnc(NC(=O)Nc2cc(C(F)(F)F)ccc2OC[C@H]2CCCNC2)cn1. The monoisotopic (exact) mass is 409 g/mol. The summed E-state index contributed by atoms with van der Waals surface area (Å²) >= 11 is 0. The fourth-order valence-corrected chi connectivity index (χ4v) is 2.93. The topological polar surface area (TPSA) is 88.2 Å². The molecule has 10 heteroatoms. The van der Waals surface area contributed by atoms with Crippen molar-refractivity contribution in [2.24, 2.45) is 5.92 Å². The van der Waals surface area contributed by atoms with Gasteiger partial charge in [-0.05, 0) is 44.5 Å². The number of nitrogens with one attached hydrogen (secondary N) is 3. The van der Waals surface area contributed by atoms with Crippen LogP contribution < -0.4 is 20.7 Å². The summed E-state index contributed by atoms with van der Waals surface area (Å²) in [5.41, 5.74) is -0.280. The molecule has 1 aliphatic heterocycles. The van der Waals surface area contributed by atoms with Gasteiger partial charge in [0.05, 0.1) is 35.9 Å². The van der Waals surface area contributed by atoms with E-state index in [9.17, 15) is 18.0 Å². The Morgan fingerprint density at radius 1 is 1.28 bits per heavy atom. The van der Waals surface area contributed by atoms with Gasteiger partial charge in [-0.1, -0.05) is 0 Å². The number of amides is 2. The third-order valence-corrected chi connectivity index (χ3v) is 4.45. The van der Waals surface area contributed by atoms with Crippen molar-refractivity contribution in [3.63, 3.8) is 0 Å². The zero-order valence-electron chi connectivity index (χ0n) is 15.8. The van der Waals surface area contributed by atoms with Crippen molar-refractivity contribution in [2.45, 2.75) is 25.9 Å². The lowest BCUT2D eigenvalue weighted by Gasteiger charge is -2.23. The molecular formula is C19H22F3N5O2. The van der Waals surface area contributed by atoms with Crippen LogP contribution in [0, 0.1) is 12.8 Å². The highest BCUT2D eigenvalue weighted by atomic mass is 19.4. The average Bonchev–Trinajstić information content (AvgIpc) is 2.69. The molecule has 1 fully saturated rings. The molecule has 2 aromatic rings. The minimum Gasteiger partial charge on any atom is -0.491 e. The van der Waals surface area contributed by atoms with Crippen LogP contribution in [0.2, 0.25) is 0 Å². The predicted octanol–water partition coefficient (Wildman–Crippen LogP) is 3.83. The molecule has 2 amide bonds. The number of urea groups is 1. The first-order valence-corrected chi connectivity index (χ1v) is 9.22. The largest absolute Gasteiger partial charge is 0.491 e. The molecule has 0 bridgehead atoms. The summed E-state index contributed by atoms with van der Waals surface area (Å²) in [5.74, 6) is 0.611. The Hall–Kier alpha value is -2.88. The standard InChI is InChI=1S/C19H22F3N5O2/c1-12-8-25-17(10-24-12)27-18(28)26-15-7-14(19(20,21)22)4-5-16(15)29-11-13-3-2-6-23-9-13/h4-5,7-8,10,13,23H,2-3,6,9,11H2,1H3,(H2,25,26,27,28)/t13-/m0/s1. The van der Waals surface area contributed by atoms with Gasteiger partial charge in [-0.25, -0.2) is 9.78 Å². The van der Waals surface area contributed by atoms with E-state index in [1.54, 1.807) is 6.92 Å². The number of piperidine rings is 1. The van der Waals surface area contributed by atoms with Crippen molar-refractivity contribution in [1.29, 1.82) is 0 Å². The maximum absolute atomic E-state index is 13.1. The van der Waals surface area contributed by atoms with Gasteiger partial charge in [-0.3, -0.25) is 10.3 Å². The lowest BCUT2D eigenvalue weighted by Crippen LogP contribution is -2.33. The van der Waals surface area contributed by atoms with Gasteiger partial charge in [0.1, 0.15) is 5.75 Å². The summed E-state index contributed by atoms with van der Waals surface area (Å²) < 4.78 is 45.0. The molecule has 1 aromatic heterocycles. The molecule has 0 unspecified atom stereocenters. The minimum atomic E-state index is -4.54. The Bertz CT molecular complexity index is 837. The number of hydrogen-bond donors (Lipinski definition) is 3. The minimum absolute atomic E-state index is 0.0684. The van der Waals surface area contributed by atoms with Crippen LogP contribution in [0.1, 0.15) is 24.1 Å². The molecule has 1 aliphatic rings. The van der Waals surface area contributed by atoms with Crippen molar-refractivity contribution >= 4 is 17.5 Å². The Labute approximate surface area is 166 Å². The van der Waals surface area contributed by atoms with Gasteiger partial charge >= 0.3 is 12.2 Å². The van der Waals surface area contributed by atoms with E-state index in [0.29, 0.717) is 12.3 Å². The number of alkyl halides is 3. The lowest BCUT2D eigenvalue weighted by molar-refractivity contribution is -0.137. The van der Waals surface area contributed by atoms with Crippen LogP contribution in [0.4, 0.5) is 29.5 Å². The van der Waals surface area contributed by atoms with E-state index in [4.69, 9.17) is 4.74 Å². The molecule has 3 N–H and O–H groups in total. The summed E-state index contributed by atoms with van der Waals surface area (Å²) in [6, 6.07) is 2.27. The molecular weight excluding hydrogens is 387 g/mol. The molecule has 1 saturated heterocycles. The molecule has 0 saturated carbocycles. The summed E-state index contributed by atoms with van der Waals surface area (Å²) in [6.45, 7) is 3.82. The molecule has 156 valence electrons. The van der Waals surface area contributed by atoms with Gasteiger partial charge in [-0.2, -0.15) is 13.2 Å². The molecule has 1 aromatic carbocycles. The number of hydrogen-bond acceptors (Lipinski definition) is 5. The predicted molar refractivity (Wildman–Crippen MR) is 102 cm³/mol. The number of halogens is 3. The second kappa shape index (κ2) is 9.08. The molecule has 3 rings (SSSR count). The maximum atomic E-state index is 13.1. The first kappa shape index (κ1) is 20.8. The van der Waals surface area contributed by atoms with Crippen molar-refractivity contribution < 1.29 is 22.7 Å². The normalized spacial score (nSPS) is 16.9. The summed E-state index contributed by atoms with van der Waals surface area (Å²) in [7, 11) is 0. The third kappa shape index (κ3) is 6.05. The van der Waals surface area contributed by atoms with Crippen molar-refractivity contribution in [1.82, 2.24) is 15.3 Å². The van der Waals surface area contributed by atoms with Crippen LogP contribution >= 0.6 is 0 Å². The van der Waals surface area contributed by atoms with Crippen LogP contribution in [0.3, 0.4) is 0 Å². The molecule has 7 nitrogen and oxygen atoms in total. The van der Waals surface area contributed by atoms with Crippen LogP contribution in [-0.4, -0.2) is 35.7 Å². The fraction of sp³-hybridized carbons (Fsp3) is 0.421. The van der Waals surface area contributed by atoms with Crippen LogP contribution in [-0.2, 0) is 6.18 Å². The second-order valence-corrected chi connectivity index (χ2v) is 6.85. The molecule has 2 heterocycles. The second-order valence-electron chi connectivity index (χ2n) is 6.85. The van der Waals surface area contributed by atoms with Gasteiger partial charge < -0.3 is 15.4 Å². The Kier molecular flexibility index (Phi) is 6.53. The number of carbonyl (C=O) groups is 1. The van der Waals surface area contributed by atoms with E-state index in [2.05, 4.69) is 25.9 Å². The molecule has 0 spiro atoms. The number of ether oxygens (including phenoxy) is 1. The molecule has 0 radical (unpaired) electrons. The highest BCUT2D eigenvalue weighted by Crippen LogP contribution is 2.35. The van der Waals surface area contributed by atoms with Crippen molar-refractivity contribution in [3.8, 4) is 5.75 Å². The Morgan fingerprint density at radius 3 is 2.76 bits per heavy atom. The first-order valence-electron chi connectivity index (χ1n) is 9.22. The van der Waals surface area contributed by atoms with Crippen LogP contribution in [0.5, 0.6) is 5.75 Å². The third-order valence-electron chi connectivity index (χ3n) is 4.45. The number of nitrogens with zero attached hydrogens (tertiary/aromatic N) is 2. The highest BCUT2D eigenvalue weighted by Gasteiger charge is 2.31. The quantitative estimate of drug-likeness (QED) is 0.699. The molecule has 0 aliphatic carbocycles. The number of anilines is 2. The van der Waals surface area contributed by atoms with Crippen molar-refractivity contribution in [2.75, 3.05) is 30.3 Å². The van der Waals surface area contributed by atoms with Gasteiger partial charge in [0, 0.05) is 12.5 Å². The number of aromatic nitrogens is 2. The van der Waals surface area contributed by atoms with Gasteiger partial charge in [0.25, 0.3) is 0 Å². The average molecular weight is 409 g/mol. The van der Waals surface area contributed by atoms with E-state index >= 15 is 0 Å². The van der Waals surface area contributed by atoms with Gasteiger partial charge in [0.15, 0.2) is 5.82 Å². The van der Waals surface area contributed by atoms with Crippen LogP contribution in [0.25, 0.3) is 0 Å². The smallest absolute Gasteiger partial charge is 0.416 e. The van der Waals surface area contributed by atoms with E-state index in [0.717, 1.165) is 38.1 Å². The maximum Gasteiger partial charge on any atom is 0.416 e. The summed E-state index contributed by atoms with van der Waals surface area (Å²) in [4.78, 5) is 20.2. The zero-order valence-corrected chi connectivity index (χ0v) is 15.8. The van der Waals surface area contributed by atoms with Gasteiger partial charge in [0.2, 0.25) is 0 Å². The van der Waals surface area contributed by atoms with E-state index in [1.165, 1.54) is 18.5 Å². The Balaban J connectivity index is 1.73. The van der Waals surface area contributed by atoms with Gasteiger partial charge in [-0.15, -0.1) is 0 Å². The van der Waals surface area contributed by atoms with Crippen LogP contribution in [0.15, 0.2) is 30.6 Å². The first-order chi connectivity index (χ1) is 13.8. The number of aryl methyl sites for hydroxylation is 1. The number of benzene rings is 1. The van der Waals surface area contributed by atoms with E-state index < -0.39 is 17.8 Å². The zero-order chi connectivity index (χ0) is 20.9. The summed E-state index contributed by atoms with van der Waals surface area (Å²) in [6.07, 6.45) is 0.275. The Morgan fingerprint density at radius 2 is 2.10 bits per heavy atom. The van der Waals surface area contributed by atoms with E-state index in [1.807, 2.05) is 0 Å². The number of carbonyl (C=O) groups excluding carboxylic acids is 1. The lowest BCUT2D eigenvalue weighted by atomic mass is 10.0. The fourth-order valence-electron chi connectivity index (χ4n) is 2.93. The van der Waals surface area contributed by atoms with Crippen molar-refractivity contribution in [3.05, 3.63) is 41.9 Å². The summed E-state index contributed by atoms with van der Waals surface area (Å²) in [5, 5.41) is 8.11.